The first-order chi connectivity index (χ1) is 21.1. The number of aliphatic hydroxyl groups excluding tert-OH is 1. The first-order valence-corrected chi connectivity index (χ1v) is 18.4. The Morgan fingerprint density at radius 1 is 0.488 bits per heavy atom. The minimum atomic E-state index is -0.961. The lowest BCUT2D eigenvalue weighted by Gasteiger charge is -2.12. The van der Waals surface area contributed by atoms with Crippen LogP contribution in [0.5, 0.6) is 0 Å². The molecule has 0 radical (unpaired) electrons. The van der Waals surface area contributed by atoms with Crippen molar-refractivity contribution >= 4 is 11.9 Å². The summed E-state index contributed by atoms with van der Waals surface area (Å²) in [7, 11) is 0. The van der Waals surface area contributed by atoms with Crippen LogP contribution in [0.3, 0.4) is 0 Å². The van der Waals surface area contributed by atoms with Gasteiger partial charge in [0.15, 0.2) is 0 Å². The summed E-state index contributed by atoms with van der Waals surface area (Å²) in [5.74, 6) is -0.570. The summed E-state index contributed by atoms with van der Waals surface area (Å²) in [6.45, 7) is 4.26. The summed E-state index contributed by atoms with van der Waals surface area (Å²) in [5, 5.41) is 9.98. The van der Waals surface area contributed by atoms with Crippen molar-refractivity contribution in [3.8, 4) is 0 Å². The minimum absolute atomic E-state index is 0.115. The third kappa shape index (κ3) is 34.7. The number of hydrogen-bond acceptors (Lipinski definition) is 5. The zero-order valence-electron chi connectivity index (χ0n) is 28.5. The molecule has 0 spiro atoms. The highest BCUT2D eigenvalue weighted by molar-refractivity contribution is 5.69. The van der Waals surface area contributed by atoms with Gasteiger partial charge in [-0.2, -0.15) is 0 Å². The molecule has 0 rings (SSSR count). The van der Waals surface area contributed by atoms with Crippen LogP contribution in [0, 0.1) is 0 Å². The van der Waals surface area contributed by atoms with E-state index >= 15 is 0 Å². The van der Waals surface area contributed by atoms with Crippen LogP contribution in [-0.2, 0) is 19.1 Å². The molecule has 0 aliphatic heterocycles. The molecule has 0 bridgehead atoms. The number of allylic oxidation sites excluding steroid dienone is 4. The summed E-state index contributed by atoms with van der Waals surface area (Å²) in [6.07, 6.45) is 39.4. The third-order valence-electron chi connectivity index (χ3n) is 7.94. The largest absolute Gasteiger partial charge is 0.463 e. The van der Waals surface area contributed by atoms with Gasteiger partial charge < -0.3 is 14.6 Å². The maximum atomic E-state index is 11.9. The number of hydrogen-bond donors (Lipinski definition) is 1. The summed E-state index contributed by atoms with van der Waals surface area (Å²) >= 11 is 0. The molecule has 0 saturated carbocycles. The van der Waals surface area contributed by atoms with E-state index in [9.17, 15) is 14.7 Å². The Hall–Kier alpha value is -1.62. The van der Waals surface area contributed by atoms with Crippen molar-refractivity contribution in [2.45, 2.75) is 193 Å². The summed E-state index contributed by atoms with van der Waals surface area (Å²) < 4.78 is 10.3. The first-order valence-electron chi connectivity index (χ1n) is 18.4. The van der Waals surface area contributed by atoms with Crippen molar-refractivity contribution in [1.82, 2.24) is 0 Å². The smallest absolute Gasteiger partial charge is 0.305 e. The molecule has 0 unspecified atom stereocenters. The Morgan fingerprint density at radius 2 is 0.814 bits per heavy atom. The van der Waals surface area contributed by atoms with Crippen molar-refractivity contribution < 1.29 is 24.2 Å². The fraction of sp³-hybridized carbons (Fsp3) is 0.842. The highest BCUT2D eigenvalue weighted by Gasteiger charge is 2.12. The maximum absolute atomic E-state index is 11.9. The van der Waals surface area contributed by atoms with E-state index in [1.165, 1.54) is 116 Å². The fourth-order valence-electron chi connectivity index (χ4n) is 5.12. The van der Waals surface area contributed by atoms with Gasteiger partial charge in [-0.1, -0.05) is 154 Å². The molecule has 5 nitrogen and oxygen atoms in total. The van der Waals surface area contributed by atoms with Crippen molar-refractivity contribution in [3.63, 3.8) is 0 Å². The second-order valence-corrected chi connectivity index (χ2v) is 12.3. The van der Waals surface area contributed by atoms with E-state index in [1.54, 1.807) is 0 Å². The van der Waals surface area contributed by atoms with Crippen molar-refractivity contribution in [2.24, 2.45) is 0 Å². The third-order valence-corrected chi connectivity index (χ3v) is 7.94. The highest BCUT2D eigenvalue weighted by atomic mass is 16.6. The van der Waals surface area contributed by atoms with Crippen LogP contribution in [-0.4, -0.2) is 36.4 Å². The second kappa shape index (κ2) is 34.9. The number of esters is 2. The Kier molecular flexibility index (Phi) is 33.6. The van der Waals surface area contributed by atoms with Gasteiger partial charge >= 0.3 is 11.9 Å². The molecule has 0 saturated heterocycles. The number of ether oxygens (including phenoxy) is 2. The monoisotopic (exact) mass is 607 g/mol. The van der Waals surface area contributed by atoms with Crippen LogP contribution in [0.1, 0.15) is 187 Å². The van der Waals surface area contributed by atoms with Gasteiger partial charge in [-0.25, -0.2) is 0 Å². The van der Waals surface area contributed by atoms with Gasteiger partial charge in [-0.05, 0) is 44.9 Å². The van der Waals surface area contributed by atoms with E-state index in [1.807, 2.05) is 0 Å². The summed E-state index contributed by atoms with van der Waals surface area (Å²) in [5.41, 5.74) is 0. The molecule has 0 heterocycles. The maximum Gasteiger partial charge on any atom is 0.305 e. The summed E-state index contributed by atoms with van der Waals surface area (Å²) in [4.78, 5) is 23.8. The topological polar surface area (TPSA) is 72.8 Å². The Labute approximate surface area is 266 Å². The Morgan fingerprint density at radius 3 is 1.23 bits per heavy atom. The van der Waals surface area contributed by atoms with Gasteiger partial charge in [-0.3, -0.25) is 9.59 Å². The summed E-state index contributed by atoms with van der Waals surface area (Å²) in [6, 6.07) is 0. The molecule has 252 valence electrons. The van der Waals surface area contributed by atoms with Crippen LogP contribution in [0.4, 0.5) is 0 Å². The van der Waals surface area contributed by atoms with Crippen molar-refractivity contribution in [3.05, 3.63) is 24.3 Å². The first kappa shape index (κ1) is 41.4. The van der Waals surface area contributed by atoms with Crippen LogP contribution < -0.4 is 0 Å². The van der Waals surface area contributed by atoms with Gasteiger partial charge in [0.2, 0.25) is 0 Å². The number of unbranched alkanes of at least 4 members (excludes halogenated alkanes) is 21. The molecule has 0 amide bonds. The lowest BCUT2D eigenvalue weighted by Crippen LogP contribution is -2.25. The number of carbonyl (C=O) groups excluding carboxylic acids is 2. The molecule has 0 aliphatic carbocycles. The van der Waals surface area contributed by atoms with Crippen molar-refractivity contribution in [2.75, 3.05) is 13.2 Å². The van der Waals surface area contributed by atoms with E-state index in [0.29, 0.717) is 12.8 Å². The molecule has 0 fully saturated rings. The minimum Gasteiger partial charge on any atom is -0.463 e. The zero-order chi connectivity index (χ0) is 31.5. The van der Waals surface area contributed by atoms with E-state index in [2.05, 4.69) is 38.2 Å². The van der Waals surface area contributed by atoms with Gasteiger partial charge in [0, 0.05) is 12.8 Å². The molecule has 0 aromatic rings. The van der Waals surface area contributed by atoms with Crippen LogP contribution in [0.15, 0.2) is 24.3 Å². The number of aliphatic hydroxyl groups is 1. The predicted octanol–water partition coefficient (Wildman–Crippen LogP) is 11.1. The molecule has 1 N–H and O–H groups in total. The van der Waals surface area contributed by atoms with Crippen LogP contribution in [0.25, 0.3) is 0 Å². The van der Waals surface area contributed by atoms with E-state index in [4.69, 9.17) is 9.47 Å². The number of carbonyl (C=O) groups is 2. The molecular formula is C38H70O5. The quantitative estimate of drug-likeness (QED) is 0.0457. The van der Waals surface area contributed by atoms with Gasteiger partial charge in [0.25, 0.3) is 0 Å². The van der Waals surface area contributed by atoms with E-state index < -0.39 is 6.10 Å². The van der Waals surface area contributed by atoms with Crippen molar-refractivity contribution in [1.29, 1.82) is 0 Å². The average Bonchev–Trinajstić information content (AvgIpc) is 3.01. The normalized spacial score (nSPS) is 12.3. The molecule has 0 aromatic heterocycles. The zero-order valence-corrected chi connectivity index (χ0v) is 28.5. The lowest BCUT2D eigenvalue weighted by atomic mass is 10.0. The van der Waals surface area contributed by atoms with E-state index in [-0.39, 0.29) is 25.2 Å². The molecular weight excluding hydrogens is 536 g/mol. The second-order valence-electron chi connectivity index (χ2n) is 12.3. The average molecular weight is 607 g/mol. The van der Waals surface area contributed by atoms with Gasteiger partial charge in [-0.15, -0.1) is 0 Å². The molecule has 5 heteroatoms. The Bertz CT molecular complexity index is 657. The molecule has 0 aromatic carbocycles. The predicted molar refractivity (Wildman–Crippen MR) is 182 cm³/mol. The van der Waals surface area contributed by atoms with Gasteiger partial charge in [0.05, 0.1) is 0 Å². The molecule has 43 heavy (non-hydrogen) atoms. The van der Waals surface area contributed by atoms with Gasteiger partial charge in [0.1, 0.15) is 19.3 Å². The van der Waals surface area contributed by atoms with Crippen LogP contribution in [0.2, 0.25) is 0 Å². The van der Waals surface area contributed by atoms with Crippen LogP contribution >= 0.6 is 0 Å². The fourth-order valence-corrected chi connectivity index (χ4v) is 5.12. The highest BCUT2D eigenvalue weighted by Crippen LogP contribution is 2.13. The number of rotatable bonds is 33. The Balaban J connectivity index is 3.44. The lowest BCUT2D eigenvalue weighted by molar-refractivity contribution is -0.152. The standard InChI is InChI=1S/C38H70O5/c1-3-5-7-9-11-13-15-17-18-19-20-21-23-25-27-29-31-33-38(41)43-35-36(39)34-42-37(40)32-30-28-26-24-22-16-14-12-10-8-6-4-2/h11,13,17-18,36,39H,3-10,12,14-16,19-35H2,1-2H3/b13-11-,18-17-/t36-/m1/s1. The molecule has 0 aliphatic rings. The SMILES string of the molecule is CCCCC/C=C\C/C=C\CCCCCCCCCC(=O)OC[C@H](O)COC(=O)CCCCCCCCCCCCCC. The molecule has 1 atom stereocenters. The van der Waals surface area contributed by atoms with E-state index in [0.717, 1.165) is 44.9 Å².